The van der Waals surface area contributed by atoms with Crippen molar-refractivity contribution in [1.29, 1.82) is 0 Å². The van der Waals surface area contributed by atoms with Gasteiger partial charge in [-0.1, -0.05) is 18.9 Å². The number of carbonyl (C=O) groups excluding carboxylic acids is 1. The van der Waals surface area contributed by atoms with Crippen LogP contribution < -0.4 is 10.0 Å². The number of hydrogen-bond acceptors (Lipinski definition) is 3. The number of aromatic nitrogens is 1. The van der Waals surface area contributed by atoms with Crippen molar-refractivity contribution in [3.05, 3.63) is 59.7 Å². The van der Waals surface area contributed by atoms with Gasteiger partial charge in [0.2, 0.25) is 6.41 Å². The molecule has 1 heterocycles. The fraction of sp³-hybridized carbons (Fsp3) is 0.455. The van der Waals surface area contributed by atoms with Crippen molar-refractivity contribution in [1.82, 2.24) is 9.71 Å². The van der Waals surface area contributed by atoms with Gasteiger partial charge in [-0.05, 0) is 74.9 Å². The zero-order valence-corrected chi connectivity index (χ0v) is 17.9. The summed E-state index contributed by atoms with van der Waals surface area (Å²) in [6.07, 6.45) is 7.95. The molecule has 156 valence electrons. The van der Waals surface area contributed by atoms with Crippen LogP contribution in [0.25, 0.3) is 0 Å². The van der Waals surface area contributed by atoms with Gasteiger partial charge in [0.25, 0.3) is 0 Å². The Bertz CT molecular complexity index is 881. The SMILES string of the molecule is CC(C)(C)S(=O)NC(CCC1CC1)(c1ccncc1)c1ccc(F)c(NC=O)c1. The monoisotopic (exact) mass is 417 g/mol. The molecule has 0 aliphatic heterocycles. The van der Waals surface area contributed by atoms with Gasteiger partial charge in [-0.25, -0.2) is 13.3 Å². The highest BCUT2D eigenvalue weighted by atomic mass is 32.2. The van der Waals surface area contributed by atoms with Gasteiger partial charge in [-0.15, -0.1) is 0 Å². The molecule has 2 atom stereocenters. The number of carbonyl (C=O) groups is 1. The fourth-order valence-electron chi connectivity index (χ4n) is 3.36. The topological polar surface area (TPSA) is 71.1 Å². The Hall–Kier alpha value is -2.12. The molecule has 29 heavy (non-hydrogen) atoms. The van der Waals surface area contributed by atoms with Crippen molar-refractivity contribution in [2.24, 2.45) is 5.92 Å². The maximum absolute atomic E-state index is 14.2. The predicted octanol–water partition coefficient (Wildman–Crippen LogP) is 4.27. The fourth-order valence-corrected chi connectivity index (χ4v) is 4.32. The summed E-state index contributed by atoms with van der Waals surface area (Å²) in [6.45, 7) is 5.75. The molecule has 1 aliphatic carbocycles. The smallest absolute Gasteiger partial charge is 0.211 e. The van der Waals surface area contributed by atoms with Gasteiger partial charge in [-0.2, -0.15) is 0 Å². The molecule has 1 amide bonds. The van der Waals surface area contributed by atoms with Crippen LogP contribution >= 0.6 is 0 Å². The van der Waals surface area contributed by atoms with E-state index >= 15 is 0 Å². The molecule has 0 spiro atoms. The Morgan fingerprint density at radius 2 is 1.86 bits per heavy atom. The maximum atomic E-state index is 14.2. The minimum atomic E-state index is -1.37. The van der Waals surface area contributed by atoms with E-state index in [0.29, 0.717) is 18.7 Å². The third-order valence-electron chi connectivity index (χ3n) is 5.29. The summed E-state index contributed by atoms with van der Waals surface area (Å²) in [5, 5.41) is 2.43. The lowest BCUT2D eigenvalue weighted by molar-refractivity contribution is -0.105. The number of halogens is 1. The molecule has 0 saturated heterocycles. The van der Waals surface area contributed by atoms with Crippen LogP contribution in [0.3, 0.4) is 0 Å². The van der Waals surface area contributed by atoms with Crippen molar-refractivity contribution in [3.63, 3.8) is 0 Å². The van der Waals surface area contributed by atoms with Crippen LogP contribution in [0, 0.1) is 11.7 Å². The second kappa shape index (κ2) is 8.71. The standard InChI is InChI=1S/C22H28FN3O2S/c1-21(2,3)29(28)26-22(11-8-16-4-5-16,17-9-12-24-13-10-17)18-6-7-19(23)20(14-18)25-15-27/h6-7,9-10,12-16,26H,4-5,8,11H2,1-3H3,(H,25,27). The minimum absolute atomic E-state index is 0.102. The average Bonchev–Trinajstić information content (AvgIpc) is 3.51. The van der Waals surface area contributed by atoms with Crippen LogP contribution in [0.2, 0.25) is 0 Å². The molecule has 2 N–H and O–H groups in total. The zero-order valence-electron chi connectivity index (χ0n) is 17.1. The number of hydrogen-bond donors (Lipinski definition) is 2. The van der Waals surface area contributed by atoms with Gasteiger partial charge in [0.15, 0.2) is 0 Å². The lowest BCUT2D eigenvalue weighted by atomic mass is 9.79. The van der Waals surface area contributed by atoms with E-state index in [0.717, 1.165) is 17.5 Å². The van der Waals surface area contributed by atoms with E-state index in [9.17, 15) is 13.4 Å². The lowest BCUT2D eigenvalue weighted by Crippen LogP contribution is -2.49. The summed E-state index contributed by atoms with van der Waals surface area (Å²) in [7, 11) is -1.37. The Labute approximate surface area is 174 Å². The third-order valence-corrected chi connectivity index (χ3v) is 6.94. The van der Waals surface area contributed by atoms with Crippen LogP contribution in [0.5, 0.6) is 0 Å². The Morgan fingerprint density at radius 3 is 2.45 bits per heavy atom. The molecule has 0 bridgehead atoms. The number of nitrogens with zero attached hydrogens (tertiary/aromatic N) is 1. The van der Waals surface area contributed by atoms with E-state index < -0.39 is 27.1 Å². The zero-order chi connectivity index (χ0) is 21.1. The minimum Gasteiger partial charge on any atom is -0.326 e. The molecule has 1 aromatic carbocycles. The Morgan fingerprint density at radius 1 is 1.17 bits per heavy atom. The first-order valence-electron chi connectivity index (χ1n) is 9.87. The van der Waals surface area contributed by atoms with E-state index in [1.54, 1.807) is 24.5 Å². The number of amides is 1. The summed E-state index contributed by atoms with van der Waals surface area (Å²) < 4.78 is 30.3. The second-order valence-electron chi connectivity index (χ2n) is 8.56. The van der Waals surface area contributed by atoms with Gasteiger partial charge >= 0.3 is 0 Å². The quantitative estimate of drug-likeness (QED) is 0.599. The van der Waals surface area contributed by atoms with Crippen molar-refractivity contribution < 1.29 is 13.4 Å². The number of rotatable bonds is 9. The van der Waals surface area contributed by atoms with Crippen molar-refractivity contribution >= 4 is 23.1 Å². The highest BCUT2D eigenvalue weighted by molar-refractivity contribution is 7.84. The van der Waals surface area contributed by atoms with Gasteiger partial charge in [0.05, 0.1) is 27.0 Å². The molecule has 7 heteroatoms. The summed E-state index contributed by atoms with van der Waals surface area (Å²) >= 11 is 0. The Balaban J connectivity index is 2.15. The van der Waals surface area contributed by atoms with Crippen molar-refractivity contribution in [2.75, 3.05) is 5.32 Å². The van der Waals surface area contributed by atoms with Crippen LogP contribution in [-0.4, -0.2) is 20.3 Å². The van der Waals surface area contributed by atoms with Crippen molar-refractivity contribution in [3.8, 4) is 0 Å². The van der Waals surface area contributed by atoms with E-state index in [1.807, 2.05) is 32.9 Å². The highest BCUT2D eigenvalue weighted by Crippen LogP contribution is 2.42. The third kappa shape index (κ3) is 5.08. The van der Waals surface area contributed by atoms with Gasteiger partial charge < -0.3 is 5.32 Å². The second-order valence-corrected chi connectivity index (χ2v) is 10.5. The highest BCUT2D eigenvalue weighted by Gasteiger charge is 2.40. The first kappa shape index (κ1) is 21.6. The summed E-state index contributed by atoms with van der Waals surface area (Å²) in [5.74, 6) is 0.151. The summed E-state index contributed by atoms with van der Waals surface area (Å²) in [5.41, 5.74) is 0.976. The molecular weight excluding hydrogens is 389 g/mol. The molecular formula is C22H28FN3O2S. The number of pyridine rings is 1. The van der Waals surface area contributed by atoms with Crippen LogP contribution in [0.4, 0.5) is 10.1 Å². The van der Waals surface area contributed by atoms with E-state index in [1.165, 1.54) is 18.9 Å². The first-order valence-corrected chi connectivity index (χ1v) is 11.0. The van der Waals surface area contributed by atoms with Crippen LogP contribution in [0.15, 0.2) is 42.7 Å². The largest absolute Gasteiger partial charge is 0.326 e. The number of anilines is 1. The summed E-state index contributed by atoms with van der Waals surface area (Å²) in [4.78, 5) is 15.1. The number of benzene rings is 1. The molecule has 3 rings (SSSR count). The molecule has 1 aliphatic rings. The first-order chi connectivity index (χ1) is 13.8. The average molecular weight is 418 g/mol. The number of nitrogens with one attached hydrogen (secondary N) is 2. The van der Waals surface area contributed by atoms with Gasteiger partial charge in [0, 0.05) is 12.4 Å². The molecule has 2 aromatic rings. The molecule has 1 aromatic heterocycles. The Kier molecular flexibility index (Phi) is 6.49. The van der Waals surface area contributed by atoms with Gasteiger partial charge in [-0.3, -0.25) is 9.78 Å². The van der Waals surface area contributed by atoms with Gasteiger partial charge in [0.1, 0.15) is 5.82 Å². The molecule has 1 saturated carbocycles. The van der Waals surface area contributed by atoms with Crippen LogP contribution in [-0.2, 0) is 21.3 Å². The van der Waals surface area contributed by atoms with Crippen molar-refractivity contribution in [2.45, 2.75) is 56.7 Å². The van der Waals surface area contributed by atoms with Crippen LogP contribution in [0.1, 0.15) is 57.6 Å². The lowest BCUT2D eigenvalue weighted by Gasteiger charge is -2.38. The van der Waals surface area contributed by atoms with E-state index in [-0.39, 0.29) is 5.69 Å². The normalized spacial score (nSPS) is 17.4. The van der Waals surface area contributed by atoms with E-state index in [2.05, 4.69) is 15.0 Å². The molecule has 0 radical (unpaired) electrons. The van der Waals surface area contributed by atoms with E-state index in [4.69, 9.17) is 0 Å². The predicted molar refractivity (Wildman–Crippen MR) is 114 cm³/mol. The molecule has 1 fully saturated rings. The molecule has 2 unspecified atom stereocenters. The summed E-state index contributed by atoms with van der Waals surface area (Å²) in [6, 6.07) is 8.47. The maximum Gasteiger partial charge on any atom is 0.211 e. The molecule has 5 nitrogen and oxygen atoms in total.